The van der Waals surface area contributed by atoms with Crippen molar-refractivity contribution in [1.82, 2.24) is 5.32 Å². The Labute approximate surface area is 214 Å². The molecule has 0 amide bonds. The Morgan fingerprint density at radius 3 is 2.00 bits per heavy atom. The van der Waals surface area contributed by atoms with E-state index in [9.17, 15) is 4.79 Å². The number of ether oxygens (including phenoxy) is 1. The third-order valence-corrected chi connectivity index (χ3v) is 6.13. The van der Waals surface area contributed by atoms with E-state index in [-0.39, 0.29) is 12.6 Å². The number of allylic oxidation sites excluding steroid dienone is 2. The summed E-state index contributed by atoms with van der Waals surface area (Å²) < 4.78 is 4.76. The Morgan fingerprint density at radius 1 is 0.941 bits per heavy atom. The smallest absolute Gasteiger partial charge is 0.320 e. The molecule has 1 atom stereocenters. The van der Waals surface area contributed by atoms with Crippen LogP contribution in [0.15, 0.2) is 12.2 Å². The van der Waals surface area contributed by atoms with Crippen LogP contribution in [0.3, 0.4) is 0 Å². The lowest BCUT2D eigenvalue weighted by Crippen LogP contribution is -2.37. The second-order valence-corrected chi connectivity index (χ2v) is 9.67. The van der Waals surface area contributed by atoms with Crippen molar-refractivity contribution in [3.63, 3.8) is 0 Å². The molecule has 0 radical (unpaired) electrons. The fraction of sp³-hybridized carbons (Fsp3) is 0.889. The molecule has 0 bridgehead atoms. The molecule has 204 valence electrons. The van der Waals surface area contributed by atoms with Crippen molar-refractivity contribution in [3.8, 4) is 0 Å². The van der Waals surface area contributed by atoms with Crippen molar-refractivity contribution in [2.75, 3.05) is 44.9 Å². The lowest BCUT2D eigenvalue weighted by atomic mass is 10.1. The van der Waals surface area contributed by atoms with Crippen LogP contribution in [0.5, 0.6) is 0 Å². The Hall–Kier alpha value is -0.600. The Morgan fingerprint density at radius 2 is 1.50 bits per heavy atom. The summed E-state index contributed by atoms with van der Waals surface area (Å²) in [5.74, 6) is 0.186. The molecule has 6 nitrogen and oxygen atoms in total. The highest BCUT2D eigenvalue weighted by atomic mass is 32.2. The van der Waals surface area contributed by atoms with Gasteiger partial charge in [0.15, 0.2) is 0 Å². The number of carboxylic acids is 1. The van der Waals surface area contributed by atoms with Gasteiger partial charge in [-0.05, 0) is 57.1 Å². The molecule has 0 aromatic carbocycles. The van der Waals surface area contributed by atoms with E-state index in [2.05, 4.69) is 24.4 Å². The number of aliphatic hydroxyl groups is 1. The van der Waals surface area contributed by atoms with Crippen LogP contribution in [0.25, 0.3) is 0 Å². The maximum Gasteiger partial charge on any atom is 0.320 e. The number of hydrogen-bond donors (Lipinski definition) is 4. The summed E-state index contributed by atoms with van der Waals surface area (Å²) in [6.07, 6.45) is 25.8. The van der Waals surface area contributed by atoms with Gasteiger partial charge in [-0.25, -0.2) is 0 Å². The number of aliphatic hydroxyl groups excluding tert-OH is 1. The molecule has 34 heavy (non-hydrogen) atoms. The lowest BCUT2D eigenvalue weighted by molar-refractivity contribution is -0.139. The highest BCUT2D eigenvalue weighted by Gasteiger charge is 2.15. The van der Waals surface area contributed by atoms with Crippen LogP contribution in [-0.4, -0.2) is 67.1 Å². The van der Waals surface area contributed by atoms with Crippen LogP contribution in [0.2, 0.25) is 0 Å². The zero-order valence-electron chi connectivity index (χ0n) is 22.3. The van der Waals surface area contributed by atoms with E-state index in [1.807, 2.05) is 6.26 Å². The van der Waals surface area contributed by atoms with Gasteiger partial charge in [-0.15, -0.1) is 0 Å². The molecule has 0 heterocycles. The number of carbonyl (C=O) groups is 1. The van der Waals surface area contributed by atoms with Crippen LogP contribution in [0.1, 0.15) is 103 Å². The number of rotatable bonds is 25. The van der Waals surface area contributed by atoms with E-state index in [4.69, 9.17) is 20.7 Å². The highest BCUT2D eigenvalue weighted by molar-refractivity contribution is 7.98. The van der Waals surface area contributed by atoms with Gasteiger partial charge < -0.3 is 26.0 Å². The molecule has 0 aromatic rings. The molecule has 0 aliphatic rings. The van der Waals surface area contributed by atoms with Crippen molar-refractivity contribution in [1.29, 1.82) is 0 Å². The van der Waals surface area contributed by atoms with Crippen molar-refractivity contribution < 1.29 is 19.7 Å². The first kappa shape index (κ1) is 35.6. The van der Waals surface area contributed by atoms with Crippen molar-refractivity contribution in [2.45, 2.75) is 109 Å². The average Bonchev–Trinajstić information content (AvgIpc) is 2.83. The molecule has 1 unspecified atom stereocenters. The third kappa shape index (κ3) is 31.4. The monoisotopic (exact) mass is 504 g/mol. The standard InChI is InChI=1S/C23H45NO2S.C4H11NO2/c1-3-4-5-6-7-8-9-10-11-12-13-14-15-16-17-18-20-24-22(23(25)26)19-21-27-2;5-1-3-7-4-2-6/h10-11,22,24H,3-9,12-21H2,1-2H3,(H,25,26);6H,1-5H2/b11-10-;. The first-order chi connectivity index (χ1) is 16.6. The van der Waals surface area contributed by atoms with E-state index in [0.29, 0.717) is 26.2 Å². The van der Waals surface area contributed by atoms with Crippen molar-refractivity contribution in [3.05, 3.63) is 12.2 Å². The van der Waals surface area contributed by atoms with Crippen LogP contribution < -0.4 is 11.1 Å². The van der Waals surface area contributed by atoms with Crippen LogP contribution in [0, 0.1) is 0 Å². The number of unbranched alkanes of at least 4 members (excludes halogenated alkanes) is 12. The summed E-state index contributed by atoms with van der Waals surface area (Å²) >= 11 is 1.70. The van der Waals surface area contributed by atoms with Gasteiger partial charge in [0.25, 0.3) is 0 Å². The maximum atomic E-state index is 11.1. The van der Waals surface area contributed by atoms with Gasteiger partial charge in [-0.3, -0.25) is 4.79 Å². The molecular formula is C27H56N2O4S. The summed E-state index contributed by atoms with van der Waals surface area (Å²) in [4.78, 5) is 11.1. The average molecular weight is 505 g/mol. The molecule has 0 aromatic heterocycles. The number of thioether (sulfide) groups is 1. The first-order valence-electron chi connectivity index (χ1n) is 13.6. The minimum atomic E-state index is -0.714. The number of nitrogens with two attached hydrogens (primary N) is 1. The predicted molar refractivity (Wildman–Crippen MR) is 149 cm³/mol. The summed E-state index contributed by atoms with van der Waals surface area (Å²) in [5, 5.41) is 20.5. The molecule has 7 heteroatoms. The van der Waals surface area contributed by atoms with Gasteiger partial charge in [-0.2, -0.15) is 11.8 Å². The second kappa shape index (κ2) is 32.4. The van der Waals surface area contributed by atoms with E-state index in [0.717, 1.165) is 18.7 Å². The molecule has 0 saturated carbocycles. The van der Waals surface area contributed by atoms with Gasteiger partial charge in [0.05, 0.1) is 19.8 Å². The lowest BCUT2D eigenvalue weighted by Gasteiger charge is -2.13. The SMILES string of the molecule is CCCCCCCC/C=C\CCCCCCCCNC(CCSC)C(=O)O.NCCOCCO. The number of nitrogens with one attached hydrogen (secondary N) is 1. The maximum absolute atomic E-state index is 11.1. The zero-order chi connectivity index (χ0) is 25.5. The Bertz CT molecular complexity index is 421. The van der Waals surface area contributed by atoms with Gasteiger partial charge >= 0.3 is 5.97 Å². The van der Waals surface area contributed by atoms with E-state index in [1.165, 1.54) is 83.5 Å². The van der Waals surface area contributed by atoms with Gasteiger partial charge in [0.1, 0.15) is 6.04 Å². The van der Waals surface area contributed by atoms with E-state index < -0.39 is 5.97 Å². The van der Waals surface area contributed by atoms with E-state index in [1.54, 1.807) is 11.8 Å². The Balaban J connectivity index is 0. The molecule has 0 saturated heterocycles. The topological polar surface area (TPSA) is 105 Å². The molecule has 0 spiro atoms. The second-order valence-electron chi connectivity index (χ2n) is 8.69. The van der Waals surface area contributed by atoms with Crippen molar-refractivity contribution >= 4 is 17.7 Å². The zero-order valence-corrected chi connectivity index (χ0v) is 23.1. The van der Waals surface area contributed by atoms with Crippen LogP contribution in [-0.2, 0) is 9.53 Å². The minimum Gasteiger partial charge on any atom is -0.480 e. The molecule has 0 rings (SSSR count). The molecule has 0 aliphatic carbocycles. The first-order valence-corrected chi connectivity index (χ1v) is 15.0. The van der Waals surface area contributed by atoms with Crippen LogP contribution in [0.4, 0.5) is 0 Å². The van der Waals surface area contributed by atoms with Crippen LogP contribution >= 0.6 is 11.8 Å². The Kier molecular flexibility index (Phi) is 33.9. The van der Waals surface area contributed by atoms with Crippen molar-refractivity contribution in [2.24, 2.45) is 5.73 Å². The van der Waals surface area contributed by atoms with Gasteiger partial charge in [0, 0.05) is 6.54 Å². The fourth-order valence-electron chi connectivity index (χ4n) is 3.45. The molecular weight excluding hydrogens is 448 g/mol. The summed E-state index contributed by atoms with van der Waals surface area (Å²) in [7, 11) is 0. The summed E-state index contributed by atoms with van der Waals surface area (Å²) in [6, 6.07) is -0.374. The molecule has 0 aliphatic heterocycles. The number of aliphatic carboxylic acids is 1. The van der Waals surface area contributed by atoms with Gasteiger partial charge in [-0.1, -0.05) is 76.9 Å². The number of carboxylic acid groups (broad SMARTS) is 1. The predicted octanol–water partition coefficient (Wildman–Crippen LogP) is 5.77. The normalized spacial score (nSPS) is 12.0. The number of hydrogen-bond acceptors (Lipinski definition) is 6. The van der Waals surface area contributed by atoms with E-state index >= 15 is 0 Å². The third-order valence-electron chi connectivity index (χ3n) is 5.49. The quantitative estimate of drug-likeness (QED) is 0.0923. The largest absolute Gasteiger partial charge is 0.480 e. The molecule has 5 N–H and O–H groups in total. The summed E-state index contributed by atoms with van der Waals surface area (Å²) in [5.41, 5.74) is 5.06. The molecule has 0 fully saturated rings. The fourth-order valence-corrected chi connectivity index (χ4v) is 3.92. The summed E-state index contributed by atoms with van der Waals surface area (Å²) in [6.45, 7) is 4.65. The minimum absolute atomic E-state index is 0.0833. The van der Waals surface area contributed by atoms with Gasteiger partial charge in [0.2, 0.25) is 0 Å². The highest BCUT2D eigenvalue weighted by Crippen LogP contribution is 2.10.